The highest BCUT2D eigenvalue weighted by Gasteiger charge is 2.42. The van der Waals surface area contributed by atoms with Gasteiger partial charge in [-0.3, -0.25) is 0 Å². The second kappa shape index (κ2) is 6.51. The number of benzene rings is 2. The summed E-state index contributed by atoms with van der Waals surface area (Å²) in [5.74, 6) is -0.00435. The van der Waals surface area contributed by atoms with Crippen molar-refractivity contribution in [2.45, 2.75) is 16.9 Å². The van der Waals surface area contributed by atoms with Crippen molar-refractivity contribution >= 4 is 10.0 Å². The van der Waals surface area contributed by atoms with E-state index >= 15 is 0 Å². The highest BCUT2D eigenvalue weighted by atomic mass is 32.2. The Kier molecular flexibility index (Phi) is 4.58. The first-order chi connectivity index (χ1) is 11.4. The smallest absolute Gasteiger partial charge is 0.243 e. The summed E-state index contributed by atoms with van der Waals surface area (Å²) in [6.45, 7) is 0.0678. The van der Waals surface area contributed by atoms with Crippen LogP contribution in [0.4, 0.5) is 4.39 Å². The molecule has 24 heavy (non-hydrogen) atoms. The number of rotatable bonds is 5. The van der Waals surface area contributed by atoms with E-state index < -0.39 is 21.4 Å². The predicted octanol–water partition coefficient (Wildman–Crippen LogP) is 2.03. The van der Waals surface area contributed by atoms with Crippen molar-refractivity contribution in [2.75, 3.05) is 19.7 Å². The van der Waals surface area contributed by atoms with Crippen LogP contribution < -0.4 is 4.74 Å². The molecule has 5 nitrogen and oxygen atoms in total. The highest BCUT2D eigenvalue weighted by molar-refractivity contribution is 7.89. The molecule has 1 fully saturated rings. The minimum Gasteiger partial charge on any atom is -0.491 e. The van der Waals surface area contributed by atoms with Crippen LogP contribution in [0.5, 0.6) is 5.75 Å². The van der Waals surface area contributed by atoms with Gasteiger partial charge in [0.15, 0.2) is 0 Å². The predicted molar refractivity (Wildman–Crippen MR) is 86.7 cm³/mol. The number of hydrogen-bond donors (Lipinski definition) is 1. The van der Waals surface area contributed by atoms with Gasteiger partial charge in [-0.05, 0) is 36.8 Å². The van der Waals surface area contributed by atoms with E-state index in [-0.39, 0.29) is 31.0 Å². The summed E-state index contributed by atoms with van der Waals surface area (Å²) < 4.78 is 45.1. The number of hydrogen-bond acceptors (Lipinski definition) is 4. The first-order valence-electron chi connectivity index (χ1n) is 7.55. The molecule has 1 atom stereocenters. The highest BCUT2D eigenvalue weighted by Crippen LogP contribution is 2.28. The molecule has 0 spiro atoms. The lowest BCUT2D eigenvalue weighted by atomic mass is 10.1. The van der Waals surface area contributed by atoms with Gasteiger partial charge in [0.2, 0.25) is 10.0 Å². The van der Waals surface area contributed by atoms with E-state index in [9.17, 15) is 17.9 Å². The number of sulfonamides is 1. The summed E-state index contributed by atoms with van der Waals surface area (Å²) >= 11 is 0. The summed E-state index contributed by atoms with van der Waals surface area (Å²) in [6, 6.07) is 13.9. The molecular weight excluding hydrogens is 333 g/mol. The molecule has 0 aromatic heterocycles. The lowest BCUT2D eigenvalue weighted by Crippen LogP contribution is -2.40. The number of ether oxygens (including phenoxy) is 1. The van der Waals surface area contributed by atoms with E-state index in [0.29, 0.717) is 5.75 Å². The molecule has 1 saturated heterocycles. The fourth-order valence-corrected chi connectivity index (χ4v) is 4.21. The number of para-hydroxylation sites is 1. The van der Waals surface area contributed by atoms with Crippen molar-refractivity contribution < 1.29 is 22.7 Å². The maximum Gasteiger partial charge on any atom is 0.243 e. The molecule has 2 aromatic carbocycles. The van der Waals surface area contributed by atoms with Gasteiger partial charge in [-0.2, -0.15) is 4.31 Å². The molecule has 0 aliphatic carbocycles. The Hall–Kier alpha value is -1.96. The van der Waals surface area contributed by atoms with Crippen molar-refractivity contribution in [3.05, 3.63) is 60.4 Å². The molecule has 1 aliphatic rings. The van der Waals surface area contributed by atoms with Crippen LogP contribution in [-0.2, 0) is 10.0 Å². The Morgan fingerprint density at radius 3 is 2.62 bits per heavy atom. The van der Waals surface area contributed by atoms with Crippen molar-refractivity contribution in [3.8, 4) is 5.75 Å². The van der Waals surface area contributed by atoms with E-state index in [1.165, 1.54) is 18.2 Å². The third kappa shape index (κ3) is 3.58. The molecule has 128 valence electrons. The van der Waals surface area contributed by atoms with Gasteiger partial charge in [-0.1, -0.05) is 24.3 Å². The molecule has 0 unspecified atom stereocenters. The van der Waals surface area contributed by atoms with Crippen molar-refractivity contribution in [3.63, 3.8) is 0 Å². The zero-order valence-electron chi connectivity index (χ0n) is 12.9. The number of nitrogens with zero attached hydrogens (tertiary/aromatic N) is 1. The van der Waals surface area contributed by atoms with E-state index in [1.54, 1.807) is 12.1 Å². The Morgan fingerprint density at radius 2 is 1.92 bits per heavy atom. The zero-order chi connectivity index (χ0) is 17.2. The van der Waals surface area contributed by atoms with Crippen LogP contribution in [0.3, 0.4) is 0 Å². The van der Waals surface area contributed by atoms with Gasteiger partial charge in [-0.15, -0.1) is 0 Å². The molecule has 1 N–H and O–H groups in total. The molecule has 2 aromatic rings. The molecule has 0 bridgehead atoms. The Labute approximate surface area is 140 Å². The number of halogens is 1. The summed E-state index contributed by atoms with van der Waals surface area (Å²) in [4.78, 5) is -0.115. The normalized spacial score (nSPS) is 21.8. The van der Waals surface area contributed by atoms with Gasteiger partial charge >= 0.3 is 0 Å². The third-order valence-corrected chi connectivity index (χ3v) is 5.82. The summed E-state index contributed by atoms with van der Waals surface area (Å²) in [6.07, 6.45) is 0.258. The first kappa shape index (κ1) is 16.9. The lowest BCUT2D eigenvalue weighted by Gasteiger charge is -2.23. The Morgan fingerprint density at radius 1 is 1.17 bits per heavy atom. The monoisotopic (exact) mass is 351 g/mol. The van der Waals surface area contributed by atoms with Gasteiger partial charge in [-0.25, -0.2) is 12.8 Å². The van der Waals surface area contributed by atoms with Crippen LogP contribution in [0.2, 0.25) is 0 Å². The van der Waals surface area contributed by atoms with Crippen LogP contribution in [-0.4, -0.2) is 43.1 Å². The maximum atomic E-state index is 13.3. The van der Waals surface area contributed by atoms with Crippen LogP contribution >= 0.6 is 0 Å². The van der Waals surface area contributed by atoms with E-state index in [2.05, 4.69) is 0 Å². The van der Waals surface area contributed by atoms with Crippen LogP contribution in [0.25, 0.3) is 0 Å². The zero-order valence-corrected chi connectivity index (χ0v) is 13.7. The van der Waals surface area contributed by atoms with E-state index in [0.717, 1.165) is 10.4 Å². The number of β-amino-alcohol motifs (C(OH)–C–C–N with tert-alkyl or cyclic N) is 1. The fraction of sp³-hybridized carbons (Fsp3) is 0.294. The molecule has 3 rings (SSSR count). The quantitative estimate of drug-likeness (QED) is 0.895. The average Bonchev–Trinajstić information content (AvgIpc) is 2.98. The molecular formula is C17H18FNO4S. The second-order valence-electron chi connectivity index (χ2n) is 5.87. The molecule has 0 radical (unpaired) electrons. The minimum atomic E-state index is -3.84. The van der Waals surface area contributed by atoms with Crippen molar-refractivity contribution in [1.29, 1.82) is 0 Å². The van der Waals surface area contributed by atoms with E-state index in [1.807, 2.05) is 18.2 Å². The van der Waals surface area contributed by atoms with Crippen molar-refractivity contribution in [1.82, 2.24) is 4.31 Å². The third-order valence-electron chi connectivity index (χ3n) is 3.98. The first-order valence-corrected chi connectivity index (χ1v) is 8.99. The fourth-order valence-electron chi connectivity index (χ4n) is 2.65. The Balaban J connectivity index is 1.70. The molecule has 1 heterocycles. The van der Waals surface area contributed by atoms with Crippen LogP contribution in [0, 0.1) is 5.82 Å². The molecule has 0 amide bonds. The summed E-state index contributed by atoms with van der Waals surface area (Å²) in [5.41, 5.74) is -1.27. The van der Waals surface area contributed by atoms with Crippen LogP contribution in [0.1, 0.15) is 6.42 Å². The molecule has 1 aliphatic heterocycles. The van der Waals surface area contributed by atoms with Gasteiger partial charge in [0.05, 0.1) is 4.90 Å². The maximum absolute atomic E-state index is 13.3. The van der Waals surface area contributed by atoms with E-state index in [4.69, 9.17) is 4.74 Å². The van der Waals surface area contributed by atoms with Crippen molar-refractivity contribution in [2.24, 2.45) is 0 Å². The second-order valence-corrected chi connectivity index (χ2v) is 7.81. The summed E-state index contributed by atoms with van der Waals surface area (Å²) in [7, 11) is -3.84. The van der Waals surface area contributed by atoms with Gasteiger partial charge in [0.25, 0.3) is 0 Å². The SMILES string of the molecule is O=S(=O)(c1cccc(F)c1)N1CC[C@@](O)(COc2ccccc2)C1. The number of aliphatic hydroxyl groups is 1. The van der Waals surface area contributed by atoms with Gasteiger partial charge in [0.1, 0.15) is 23.8 Å². The standard InChI is InChI=1S/C17H18FNO4S/c18-14-5-4-8-16(11-14)24(21,22)19-10-9-17(20,12-19)13-23-15-6-2-1-3-7-15/h1-8,11,20H,9-10,12-13H2/t17-/m0/s1. The lowest BCUT2D eigenvalue weighted by molar-refractivity contribution is 0.00875. The minimum absolute atomic E-state index is 0.00775. The van der Waals surface area contributed by atoms with Gasteiger partial charge in [0, 0.05) is 13.1 Å². The molecule has 0 saturated carbocycles. The summed E-state index contributed by atoms with van der Waals surface area (Å²) in [5, 5.41) is 10.6. The largest absolute Gasteiger partial charge is 0.491 e. The van der Waals surface area contributed by atoms with Gasteiger partial charge < -0.3 is 9.84 Å². The Bertz CT molecular complexity index is 812. The average molecular weight is 351 g/mol. The van der Waals surface area contributed by atoms with Crippen LogP contribution in [0.15, 0.2) is 59.5 Å². The topological polar surface area (TPSA) is 66.8 Å². The molecule has 7 heteroatoms.